The zero-order valence-electron chi connectivity index (χ0n) is 12.4. The summed E-state index contributed by atoms with van der Waals surface area (Å²) in [5, 5.41) is 7.50. The Kier molecular flexibility index (Phi) is 5.12. The third kappa shape index (κ3) is 4.06. The second-order valence-corrected chi connectivity index (χ2v) is 4.89. The van der Waals surface area contributed by atoms with Crippen molar-refractivity contribution < 1.29 is 4.74 Å². The first kappa shape index (κ1) is 14.5. The van der Waals surface area contributed by atoms with Gasteiger partial charge in [-0.3, -0.25) is 9.67 Å². The van der Waals surface area contributed by atoms with E-state index in [0.717, 1.165) is 42.2 Å². The smallest absolute Gasteiger partial charge is 0.142 e. The predicted octanol–water partition coefficient (Wildman–Crippen LogP) is 2.20. The molecule has 0 amide bonds. The van der Waals surface area contributed by atoms with Gasteiger partial charge >= 0.3 is 0 Å². The highest BCUT2D eigenvalue weighted by atomic mass is 16.5. The van der Waals surface area contributed by atoms with E-state index in [1.165, 1.54) is 0 Å². The average molecular weight is 274 g/mol. The van der Waals surface area contributed by atoms with E-state index in [1.54, 1.807) is 4.68 Å². The van der Waals surface area contributed by atoms with Crippen LogP contribution in [0.15, 0.2) is 24.5 Å². The van der Waals surface area contributed by atoms with Crippen LogP contribution in [0.3, 0.4) is 0 Å². The molecule has 20 heavy (non-hydrogen) atoms. The molecule has 108 valence electrons. The van der Waals surface area contributed by atoms with Crippen molar-refractivity contribution >= 4 is 0 Å². The Balaban J connectivity index is 2.01. The lowest BCUT2D eigenvalue weighted by Gasteiger charge is -2.11. The number of nitrogens with one attached hydrogen (secondary N) is 1. The zero-order chi connectivity index (χ0) is 14.4. The van der Waals surface area contributed by atoms with Crippen molar-refractivity contribution in [3.05, 3.63) is 41.5 Å². The van der Waals surface area contributed by atoms with Crippen LogP contribution >= 0.6 is 0 Å². The Morgan fingerprint density at radius 2 is 2.20 bits per heavy atom. The molecule has 0 spiro atoms. The Morgan fingerprint density at radius 1 is 1.35 bits per heavy atom. The minimum atomic E-state index is 0.513. The maximum absolute atomic E-state index is 5.87. The Morgan fingerprint density at radius 3 is 2.90 bits per heavy atom. The van der Waals surface area contributed by atoms with E-state index in [9.17, 15) is 0 Å². The van der Waals surface area contributed by atoms with Crippen LogP contribution in [0.2, 0.25) is 0 Å². The lowest BCUT2D eigenvalue weighted by atomic mass is 10.2. The second-order valence-electron chi connectivity index (χ2n) is 4.89. The number of pyridine rings is 1. The Bertz CT molecular complexity index is 551. The number of nitrogens with zero attached hydrogens (tertiary/aromatic N) is 3. The molecule has 5 nitrogen and oxygen atoms in total. The van der Waals surface area contributed by atoms with Gasteiger partial charge in [0.2, 0.25) is 0 Å². The van der Waals surface area contributed by atoms with Gasteiger partial charge in [0.15, 0.2) is 0 Å². The molecular formula is C15H22N4O. The van der Waals surface area contributed by atoms with Crippen LogP contribution in [0.25, 0.3) is 0 Å². The van der Waals surface area contributed by atoms with E-state index < -0.39 is 0 Å². The summed E-state index contributed by atoms with van der Waals surface area (Å²) in [7, 11) is 1.90. The average Bonchev–Trinajstić information content (AvgIpc) is 2.84. The molecule has 0 bridgehead atoms. The molecule has 0 radical (unpaired) electrons. The van der Waals surface area contributed by atoms with Crippen LogP contribution in [-0.4, -0.2) is 21.3 Å². The Labute approximate surface area is 120 Å². The van der Waals surface area contributed by atoms with Crippen molar-refractivity contribution in [1.82, 2.24) is 20.1 Å². The minimum absolute atomic E-state index is 0.513. The van der Waals surface area contributed by atoms with Crippen LogP contribution in [0.4, 0.5) is 0 Å². The fourth-order valence-electron chi connectivity index (χ4n) is 1.95. The molecule has 0 aromatic carbocycles. The summed E-state index contributed by atoms with van der Waals surface area (Å²) in [6.45, 7) is 6.37. The van der Waals surface area contributed by atoms with Gasteiger partial charge in [0.25, 0.3) is 0 Å². The number of aryl methyl sites for hydroxylation is 2. The Hall–Kier alpha value is -1.88. The summed E-state index contributed by atoms with van der Waals surface area (Å²) >= 11 is 0. The van der Waals surface area contributed by atoms with Gasteiger partial charge in [0.1, 0.15) is 12.4 Å². The molecule has 2 aromatic rings. The van der Waals surface area contributed by atoms with E-state index in [4.69, 9.17) is 4.74 Å². The maximum atomic E-state index is 5.87. The quantitative estimate of drug-likeness (QED) is 0.786. The van der Waals surface area contributed by atoms with Gasteiger partial charge in [-0.05, 0) is 32.0 Å². The zero-order valence-corrected chi connectivity index (χ0v) is 12.4. The van der Waals surface area contributed by atoms with Gasteiger partial charge in [0.05, 0.1) is 11.9 Å². The molecule has 5 heteroatoms. The number of rotatable bonds is 7. The number of hydrogen-bond donors (Lipinski definition) is 1. The first-order valence-electron chi connectivity index (χ1n) is 6.96. The van der Waals surface area contributed by atoms with Gasteiger partial charge < -0.3 is 10.1 Å². The lowest BCUT2D eigenvalue weighted by Crippen LogP contribution is -2.16. The number of ether oxygens (including phenoxy) is 1. The molecule has 2 heterocycles. The third-order valence-corrected chi connectivity index (χ3v) is 2.94. The summed E-state index contributed by atoms with van der Waals surface area (Å²) in [6.07, 6.45) is 4.88. The fourth-order valence-corrected chi connectivity index (χ4v) is 1.95. The van der Waals surface area contributed by atoms with Crippen LogP contribution in [0.5, 0.6) is 5.75 Å². The SMILES string of the molecule is CCCNCc1nc(C)ccc1OCc1cnn(C)c1. The molecule has 0 atom stereocenters. The van der Waals surface area contributed by atoms with Crippen LogP contribution in [-0.2, 0) is 20.2 Å². The van der Waals surface area contributed by atoms with E-state index in [0.29, 0.717) is 6.61 Å². The maximum Gasteiger partial charge on any atom is 0.142 e. The standard InChI is InChI=1S/C15H22N4O/c1-4-7-16-9-14-15(6-5-12(2)18-14)20-11-13-8-17-19(3)10-13/h5-6,8,10,16H,4,7,9,11H2,1-3H3. The second kappa shape index (κ2) is 7.05. The van der Waals surface area contributed by atoms with Crippen molar-refractivity contribution in [2.45, 2.75) is 33.4 Å². The van der Waals surface area contributed by atoms with E-state index in [-0.39, 0.29) is 0 Å². The summed E-state index contributed by atoms with van der Waals surface area (Å²) in [4.78, 5) is 4.55. The molecule has 0 fully saturated rings. The van der Waals surface area contributed by atoms with Gasteiger partial charge in [-0.25, -0.2) is 0 Å². The highest BCUT2D eigenvalue weighted by molar-refractivity contribution is 5.29. The summed E-state index contributed by atoms with van der Waals surface area (Å²) in [6, 6.07) is 3.96. The molecule has 2 rings (SSSR count). The van der Waals surface area contributed by atoms with Gasteiger partial charge in [-0.1, -0.05) is 6.92 Å². The van der Waals surface area contributed by atoms with Crippen molar-refractivity contribution in [3.8, 4) is 5.75 Å². The summed E-state index contributed by atoms with van der Waals surface area (Å²) in [5.74, 6) is 0.836. The van der Waals surface area contributed by atoms with Crippen LogP contribution < -0.4 is 10.1 Å². The van der Waals surface area contributed by atoms with Crippen LogP contribution in [0, 0.1) is 6.92 Å². The van der Waals surface area contributed by atoms with Crippen molar-refractivity contribution in [1.29, 1.82) is 0 Å². The van der Waals surface area contributed by atoms with E-state index >= 15 is 0 Å². The third-order valence-electron chi connectivity index (χ3n) is 2.94. The first-order chi connectivity index (χ1) is 9.69. The highest BCUT2D eigenvalue weighted by Crippen LogP contribution is 2.18. The van der Waals surface area contributed by atoms with Crippen molar-refractivity contribution in [2.24, 2.45) is 7.05 Å². The molecule has 0 saturated heterocycles. The van der Waals surface area contributed by atoms with Gasteiger partial charge in [-0.15, -0.1) is 0 Å². The molecular weight excluding hydrogens is 252 g/mol. The highest BCUT2D eigenvalue weighted by Gasteiger charge is 2.06. The molecule has 0 aliphatic heterocycles. The molecule has 0 aliphatic carbocycles. The predicted molar refractivity (Wildman–Crippen MR) is 78.5 cm³/mol. The summed E-state index contributed by atoms with van der Waals surface area (Å²) in [5.41, 5.74) is 3.02. The molecule has 0 aliphatic rings. The van der Waals surface area contributed by atoms with Gasteiger partial charge in [-0.2, -0.15) is 5.10 Å². The van der Waals surface area contributed by atoms with Crippen LogP contribution in [0.1, 0.15) is 30.3 Å². The number of aromatic nitrogens is 3. The van der Waals surface area contributed by atoms with E-state index in [1.807, 2.05) is 38.5 Å². The molecule has 2 aromatic heterocycles. The van der Waals surface area contributed by atoms with E-state index in [2.05, 4.69) is 22.3 Å². The molecule has 1 N–H and O–H groups in total. The molecule has 0 saturated carbocycles. The fraction of sp³-hybridized carbons (Fsp3) is 0.467. The largest absolute Gasteiger partial charge is 0.487 e. The summed E-state index contributed by atoms with van der Waals surface area (Å²) < 4.78 is 7.64. The first-order valence-corrected chi connectivity index (χ1v) is 6.96. The monoisotopic (exact) mass is 274 g/mol. The van der Waals surface area contributed by atoms with Crippen molar-refractivity contribution in [3.63, 3.8) is 0 Å². The number of hydrogen-bond acceptors (Lipinski definition) is 4. The normalized spacial score (nSPS) is 10.8. The van der Waals surface area contributed by atoms with Gasteiger partial charge in [0, 0.05) is 31.0 Å². The topological polar surface area (TPSA) is 52.0 Å². The lowest BCUT2D eigenvalue weighted by molar-refractivity contribution is 0.300. The van der Waals surface area contributed by atoms with Crippen molar-refractivity contribution in [2.75, 3.05) is 6.54 Å². The molecule has 0 unspecified atom stereocenters. The minimum Gasteiger partial charge on any atom is -0.487 e.